The Morgan fingerprint density at radius 2 is 2.40 bits per heavy atom. The SMILES string of the molecule is CCOc1ncc(N=O)cc1C(=O)NC. The van der Waals surface area contributed by atoms with E-state index in [9.17, 15) is 9.70 Å². The molecule has 0 aliphatic heterocycles. The molecular formula is C9H11N3O3. The zero-order valence-corrected chi connectivity index (χ0v) is 8.48. The van der Waals surface area contributed by atoms with Gasteiger partial charge in [-0.3, -0.25) is 4.79 Å². The molecule has 0 aliphatic carbocycles. The van der Waals surface area contributed by atoms with Gasteiger partial charge in [-0.2, -0.15) is 0 Å². The lowest BCUT2D eigenvalue weighted by Crippen LogP contribution is -2.19. The maximum atomic E-state index is 11.4. The van der Waals surface area contributed by atoms with Crippen molar-refractivity contribution in [1.29, 1.82) is 0 Å². The van der Waals surface area contributed by atoms with Crippen LogP contribution in [-0.4, -0.2) is 24.5 Å². The Balaban J connectivity index is 3.15. The molecule has 0 atom stereocenters. The fourth-order valence-electron chi connectivity index (χ4n) is 1.04. The summed E-state index contributed by atoms with van der Waals surface area (Å²) in [5.74, 6) is -0.166. The first-order chi connectivity index (χ1) is 7.22. The number of amides is 1. The molecule has 0 fully saturated rings. The molecule has 15 heavy (non-hydrogen) atoms. The fourth-order valence-corrected chi connectivity index (χ4v) is 1.04. The molecule has 0 aromatic carbocycles. The van der Waals surface area contributed by atoms with Crippen molar-refractivity contribution in [3.8, 4) is 5.88 Å². The summed E-state index contributed by atoms with van der Waals surface area (Å²) >= 11 is 0. The van der Waals surface area contributed by atoms with Crippen molar-refractivity contribution in [1.82, 2.24) is 10.3 Å². The van der Waals surface area contributed by atoms with Crippen LogP contribution in [0.5, 0.6) is 5.88 Å². The highest BCUT2D eigenvalue weighted by atomic mass is 16.5. The van der Waals surface area contributed by atoms with E-state index in [1.165, 1.54) is 19.3 Å². The number of nitroso groups, excluding NO2 is 1. The average molecular weight is 209 g/mol. The van der Waals surface area contributed by atoms with Gasteiger partial charge in [0.2, 0.25) is 5.88 Å². The number of nitrogens with one attached hydrogen (secondary N) is 1. The Labute approximate surface area is 86.6 Å². The van der Waals surface area contributed by atoms with Gasteiger partial charge < -0.3 is 10.1 Å². The molecule has 0 aliphatic rings. The maximum Gasteiger partial charge on any atom is 0.256 e. The van der Waals surface area contributed by atoms with Gasteiger partial charge in [0, 0.05) is 7.05 Å². The van der Waals surface area contributed by atoms with E-state index in [1.54, 1.807) is 6.92 Å². The van der Waals surface area contributed by atoms with Crippen LogP contribution in [0.1, 0.15) is 17.3 Å². The average Bonchev–Trinajstić information content (AvgIpc) is 2.29. The molecule has 1 heterocycles. The number of pyridine rings is 1. The fraction of sp³-hybridized carbons (Fsp3) is 0.333. The molecule has 0 saturated heterocycles. The molecule has 1 aromatic rings. The van der Waals surface area contributed by atoms with Gasteiger partial charge in [0.25, 0.3) is 5.91 Å². The number of nitrogens with zero attached hydrogens (tertiary/aromatic N) is 2. The molecule has 0 radical (unpaired) electrons. The quantitative estimate of drug-likeness (QED) is 0.756. The summed E-state index contributed by atoms with van der Waals surface area (Å²) in [7, 11) is 1.49. The second-order valence-corrected chi connectivity index (χ2v) is 2.65. The van der Waals surface area contributed by atoms with E-state index >= 15 is 0 Å². The van der Waals surface area contributed by atoms with E-state index in [-0.39, 0.29) is 23.0 Å². The van der Waals surface area contributed by atoms with Crippen LogP contribution >= 0.6 is 0 Å². The van der Waals surface area contributed by atoms with Crippen LogP contribution in [0.15, 0.2) is 17.4 Å². The van der Waals surface area contributed by atoms with Gasteiger partial charge >= 0.3 is 0 Å². The van der Waals surface area contributed by atoms with Gasteiger partial charge in [-0.15, -0.1) is 4.91 Å². The molecule has 6 nitrogen and oxygen atoms in total. The Morgan fingerprint density at radius 1 is 1.67 bits per heavy atom. The molecule has 80 valence electrons. The second-order valence-electron chi connectivity index (χ2n) is 2.65. The van der Waals surface area contributed by atoms with E-state index in [2.05, 4.69) is 15.5 Å². The lowest BCUT2D eigenvalue weighted by molar-refractivity contribution is 0.0958. The standard InChI is InChI=1S/C9H11N3O3/c1-3-15-9-7(8(13)10-2)4-6(12-14)5-11-9/h4-5H,3H2,1-2H3,(H,10,13). The predicted octanol–water partition coefficient (Wildman–Crippen LogP) is 1.24. The largest absolute Gasteiger partial charge is 0.477 e. The van der Waals surface area contributed by atoms with Gasteiger partial charge in [-0.1, -0.05) is 0 Å². The summed E-state index contributed by atoms with van der Waals surface area (Å²) in [6.45, 7) is 2.17. The van der Waals surface area contributed by atoms with E-state index in [0.29, 0.717) is 6.61 Å². The first-order valence-corrected chi connectivity index (χ1v) is 4.41. The zero-order valence-electron chi connectivity index (χ0n) is 8.48. The minimum absolute atomic E-state index is 0.0945. The summed E-state index contributed by atoms with van der Waals surface area (Å²) in [4.78, 5) is 25.5. The van der Waals surface area contributed by atoms with Crippen molar-refractivity contribution >= 4 is 11.6 Å². The van der Waals surface area contributed by atoms with E-state index < -0.39 is 0 Å². The Morgan fingerprint density at radius 3 is 2.93 bits per heavy atom. The van der Waals surface area contributed by atoms with Crippen molar-refractivity contribution in [3.05, 3.63) is 22.7 Å². The minimum Gasteiger partial charge on any atom is -0.477 e. The first kappa shape index (κ1) is 11.1. The molecule has 1 aromatic heterocycles. The number of aromatic nitrogens is 1. The molecule has 6 heteroatoms. The van der Waals surface area contributed by atoms with Crippen LogP contribution < -0.4 is 10.1 Å². The maximum absolute atomic E-state index is 11.4. The Kier molecular flexibility index (Phi) is 3.73. The van der Waals surface area contributed by atoms with E-state index in [0.717, 1.165) is 0 Å². The van der Waals surface area contributed by atoms with Crippen LogP contribution in [-0.2, 0) is 0 Å². The molecule has 0 bridgehead atoms. The normalized spacial score (nSPS) is 9.47. The van der Waals surface area contributed by atoms with E-state index in [1.807, 2.05) is 0 Å². The summed E-state index contributed by atoms with van der Waals surface area (Å²) in [6.07, 6.45) is 1.25. The third-order valence-corrected chi connectivity index (χ3v) is 1.69. The van der Waals surface area contributed by atoms with Crippen LogP contribution in [0.2, 0.25) is 0 Å². The molecule has 0 unspecified atom stereocenters. The topological polar surface area (TPSA) is 80.7 Å². The van der Waals surface area contributed by atoms with Gasteiger partial charge in [-0.05, 0) is 18.2 Å². The summed E-state index contributed by atoms with van der Waals surface area (Å²) in [5, 5.41) is 5.13. The summed E-state index contributed by atoms with van der Waals surface area (Å²) in [6, 6.07) is 1.34. The zero-order chi connectivity index (χ0) is 11.3. The predicted molar refractivity (Wildman–Crippen MR) is 54.3 cm³/mol. The smallest absolute Gasteiger partial charge is 0.256 e. The number of rotatable bonds is 4. The molecule has 1 amide bonds. The van der Waals surface area contributed by atoms with Gasteiger partial charge in [0.05, 0.1) is 12.8 Å². The molecule has 1 N–H and O–H groups in total. The number of carbonyl (C=O) groups is 1. The van der Waals surface area contributed by atoms with Crippen molar-refractivity contribution < 1.29 is 9.53 Å². The van der Waals surface area contributed by atoms with Crippen LogP contribution in [0, 0.1) is 4.91 Å². The number of ether oxygens (including phenoxy) is 1. The highest BCUT2D eigenvalue weighted by molar-refractivity contribution is 5.96. The minimum atomic E-state index is -0.364. The van der Waals surface area contributed by atoms with Gasteiger partial charge in [0.15, 0.2) is 0 Å². The van der Waals surface area contributed by atoms with E-state index in [4.69, 9.17) is 4.74 Å². The van der Waals surface area contributed by atoms with Crippen LogP contribution in [0.25, 0.3) is 0 Å². The third kappa shape index (κ3) is 2.49. The van der Waals surface area contributed by atoms with Gasteiger partial charge in [0.1, 0.15) is 11.3 Å². The highest BCUT2D eigenvalue weighted by Crippen LogP contribution is 2.21. The lowest BCUT2D eigenvalue weighted by Gasteiger charge is -2.07. The number of carbonyl (C=O) groups excluding carboxylic acids is 1. The molecule has 1 rings (SSSR count). The van der Waals surface area contributed by atoms with Crippen molar-refractivity contribution in [2.45, 2.75) is 6.92 Å². The summed E-state index contributed by atoms with van der Waals surface area (Å²) in [5.41, 5.74) is 0.300. The van der Waals surface area contributed by atoms with Crippen LogP contribution in [0.4, 0.5) is 5.69 Å². The Bertz CT molecular complexity index is 379. The number of hydrogen-bond acceptors (Lipinski definition) is 5. The lowest BCUT2D eigenvalue weighted by atomic mass is 10.2. The van der Waals surface area contributed by atoms with Gasteiger partial charge in [-0.25, -0.2) is 4.98 Å². The first-order valence-electron chi connectivity index (χ1n) is 4.41. The number of hydrogen-bond donors (Lipinski definition) is 1. The van der Waals surface area contributed by atoms with Crippen molar-refractivity contribution in [2.24, 2.45) is 5.18 Å². The molecule has 0 saturated carbocycles. The molecule has 0 spiro atoms. The van der Waals surface area contributed by atoms with Crippen molar-refractivity contribution in [2.75, 3.05) is 13.7 Å². The second kappa shape index (κ2) is 5.04. The van der Waals surface area contributed by atoms with Crippen molar-refractivity contribution in [3.63, 3.8) is 0 Å². The highest BCUT2D eigenvalue weighted by Gasteiger charge is 2.13. The Hall–Kier alpha value is -1.98. The third-order valence-electron chi connectivity index (χ3n) is 1.69. The molecular weight excluding hydrogens is 198 g/mol. The van der Waals surface area contributed by atoms with Crippen LogP contribution in [0.3, 0.4) is 0 Å². The monoisotopic (exact) mass is 209 g/mol. The summed E-state index contributed by atoms with van der Waals surface area (Å²) < 4.78 is 5.14.